The lowest BCUT2D eigenvalue weighted by Gasteiger charge is -2.31. The van der Waals surface area contributed by atoms with Crippen molar-refractivity contribution < 1.29 is 9.72 Å². The van der Waals surface area contributed by atoms with Gasteiger partial charge in [0.1, 0.15) is 5.71 Å². The summed E-state index contributed by atoms with van der Waals surface area (Å²) in [6, 6.07) is 6.01. The zero-order valence-electron chi connectivity index (χ0n) is 12.9. The number of fused-ring (bicyclic) bond motifs is 2. The van der Waals surface area contributed by atoms with Gasteiger partial charge < -0.3 is 0 Å². The highest BCUT2D eigenvalue weighted by Crippen LogP contribution is 2.62. The van der Waals surface area contributed by atoms with Gasteiger partial charge in [0.05, 0.1) is 10.6 Å². The highest BCUT2D eigenvalue weighted by Gasteiger charge is 2.65. The molecule has 116 valence electrons. The quantitative estimate of drug-likeness (QED) is 0.685. The Bertz CT molecular complexity index is 678. The standard InChI is InChI=1S/C16H19N3O3/c1-15(2)12-8-9-16(15,3)14(20)13(12)18-17-10-4-6-11(7-5-10)19(21)22/h4-7,12,17H,8-9H2,1-3H3/b18-13-/t12-,16+/m1/s1. The van der Waals surface area contributed by atoms with Gasteiger partial charge in [-0.25, -0.2) is 0 Å². The summed E-state index contributed by atoms with van der Waals surface area (Å²) in [5.74, 6) is 0.304. The van der Waals surface area contributed by atoms with Gasteiger partial charge in [-0.1, -0.05) is 20.8 Å². The number of rotatable bonds is 3. The van der Waals surface area contributed by atoms with Crippen LogP contribution in [-0.4, -0.2) is 16.4 Å². The average Bonchev–Trinajstić information content (AvgIpc) is 2.78. The fourth-order valence-corrected chi connectivity index (χ4v) is 3.74. The molecule has 0 saturated heterocycles. The van der Waals surface area contributed by atoms with Crippen molar-refractivity contribution in [3.05, 3.63) is 34.4 Å². The van der Waals surface area contributed by atoms with Crippen LogP contribution < -0.4 is 5.43 Å². The summed E-state index contributed by atoms with van der Waals surface area (Å²) in [7, 11) is 0. The maximum absolute atomic E-state index is 12.6. The summed E-state index contributed by atoms with van der Waals surface area (Å²) in [6.45, 7) is 6.30. The summed E-state index contributed by atoms with van der Waals surface area (Å²) in [4.78, 5) is 22.8. The van der Waals surface area contributed by atoms with E-state index in [0.29, 0.717) is 11.4 Å². The van der Waals surface area contributed by atoms with Gasteiger partial charge in [0.2, 0.25) is 0 Å². The average molecular weight is 301 g/mol. The monoisotopic (exact) mass is 301 g/mol. The molecule has 1 aromatic carbocycles. The van der Waals surface area contributed by atoms with Crippen LogP contribution in [0.1, 0.15) is 33.6 Å². The number of hydrazone groups is 1. The van der Waals surface area contributed by atoms with E-state index in [2.05, 4.69) is 24.4 Å². The van der Waals surface area contributed by atoms with E-state index in [1.165, 1.54) is 12.1 Å². The smallest absolute Gasteiger partial charge is 0.269 e. The van der Waals surface area contributed by atoms with Gasteiger partial charge in [-0.3, -0.25) is 20.3 Å². The van der Waals surface area contributed by atoms with Gasteiger partial charge in [-0.15, -0.1) is 0 Å². The Balaban J connectivity index is 1.82. The van der Waals surface area contributed by atoms with E-state index in [1.807, 2.05) is 6.92 Å². The normalized spacial score (nSPS) is 30.8. The van der Waals surface area contributed by atoms with Gasteiger partial charge in [0, 0.05) is 23.5 Å². The van der Waals surface area contributed by atoms with Crippen LogP contribution in [0.15, 0.2) is 29.4 Å². The molecule has 2 bridgehead atoms. The largest absolute Gasteiger partial charge is 0.292 e. The molecule has 2 aliphatic rings. The first-order valence-corrected chi connectivity index (χ1v) is 7.40. The molecule has 1 N–H and O–H groups in total. The van der Waals surface area contributed by atoms with Crippen molar-refractivity contribution in [2.75, 3.05) is 5.43 Å². The number of nitrogens with one attached hydrogen (secondary N) is 1. The maximum Gasteiger partial charge on any atom is 0.269 e. The van der Waals surface area contributed by atoms with E-state index in [-0.39, 0.29) is 28.2 Å². The lowest BCUT2D eigenvalue weighted by molar-refractivity contribution is -0.384. The van der Waals surface area contributed by atoms with Crippen LogP contribution in [0.2, 0.25) is 0 Å². The Morgan fingerprint density at radius 3 is 2.41 bits per heavy atom. The Labute approximate surface area is 128 Å². The molecule has 3 rings (SSSR count). The zero-order chi connectivity index (χ0) is 16.1. The molecular weight excluding hydrogens is 282 g/mol. The number of nitro groups is 1. The number of Topliss-reactive ketones (excluding diaryl/α,β-unsaturated/α-hetero) is 1. The van der Waals surface area contributed by atoms with Gasteiger partial charge in [0.15, 0.2) is 5.78 Å². The Hall–Kier alpha value is -2.24. The van der Waals surface area contributed by atoms with Crippen molar-refractivity contribution in [1.82, 2.24) is 0 Å². The molecule has 1 aromatic rings. The highest BCUT2D eigenvalue weighted by molar-refractivity contribution is 6.45. The first-order valence-electron chi connectivity index (χ1n) is 7.40. The lowest BCUT2D eigenvalue weighted by atomic mass is 9.70. The molecule has 2 aliphatic carbocycles. The number of ketones is 1. The van der Waals surface area contributed by atoms with Crippen LogP contribution in [0.25, 0.3) is 0 Å². The second kappa shape index (κ2) is 4.63. The van der Waals surface area contributed by atoms with Crippen molar-refractivity contribution in [3.63, 3.8) is 0 Å². The van der Waals surface area contributed by atoms with Gasteiger partial charge in [-0.2, -0.15) is 5.10 Å². The lowest BCUT2D eigenvalue weighted by Crippen LogP contribution is -2.33. The second-order valence-electron chi connectivity index (χ2n) is 6.89. The summed E-state index contributed by atoms with van der Waals surface area (Å²) in [5, 5.41) is 14.9. The number of benzene rings is 1. The summed E-state index contributed by atoms with van der Waals surface area (Å²) in [5.41, 5.74) is 3.75. The minimum absolute atomic E-state index is 0.0304. The Kier molecular flexibility index (Phi) is 3.09. The molecule has 2 atom stereocenters. The number of nitro benzene ring substituents is 1. The van der Waals surface area contributed by atoms with Crippen molar-refractivity contribution >= 4 is 22.9 Å². The van der Waals surface area contributed by atoms with Gasteiger partial charge >= 0.3 is 0 Å². The van der Waals surface area contributed by atoms with E-state index in [9.17, 15) is 14.9 Å². The third kappa shape index (κ3) is 1.86. The topological polar surface area (TPSA) is 84.6 Å². The molecule has 2 saturated carbocycles. The van der Waals surface area contributed by atoms with E-state index in [1.54, 1.807) is 12.1 Å². The molecule has 0 aliphatic heterocycles. The van der Waals surface area contributed by atoms with E-state index < -0.39 is 4.92 Å². The van der Waals surface area contributed by atoms with E-state index >= 15 is 0 Å². The molecule has 2 fully saturated rings. The summed E-state index contributed by atoms with van der Waals surface area (Å²) >= 11 is 0. The van der Waals surface area contributed by atoms with Crippen molar-refractivity contribution in [1.29, 1.82) is 0 Å². The second-order valence-corrected chi connectivity index (χ2v) is 6.89. The SMILES string of the molecule is CC1(C)[C@@H]2CC[C@@]1(C)C(=O)/C2=N\Nc1ccc([N+](=O)[O-])cc1. The number of hydrogen-bond donors (Lipinski definition) is 1. The first-order chi connectivity index (χ1) is 10.3. The van der Waals surface area contributed by atoms with Gasteiger partial charge in [0.25, 0.3) is 5.69 Å². The molecule has 6 heteroatoms. The zero-order valence-corrected chi connectivity index (χ0v) is 12.9. The third-order valence-electron chi connectivity index (χ3n) is 5.67. The van der Waals surface area contributed by atoms with Gasteiger partial charge in [-0.05, 0) is 30.4 Å². The molecule has 0 amide bonds. The molecule has 0 spiro atoms. The number of hydrogen-bond acceptors (Lipinski definition) is 5. The van der Waals surface area contributed by atoms with Crippen LogP contribution in [0.5, 0.6) is 0 Å². The first kappa shape index (κ1) is 14.7. The molecule has 0 heterocycles. The number of carbonyl (C=O) groups is 1. The van der Waals surface area contributed by atoms with E-state index in [4.69, 9.17) is 0 Å². The highest BCUT2D eigenvalue weighted by atomic mass is 16.6. The molecule has 0 radical (unpaired) electrons. The Morgan fingerprint density at radius 2 is 1.91 bits per heavy atom. The molecule has 22 heavy (non-hydrogen) atoms. The summed E-state index contributed by atoms with van der Waals surface area (Å²) < 4.78 is 0. The van der Waals surface area contributed by atoms with Crippen LogP contribution in [-0.2, 0) is 4.79 Å². The number of carbonyl (C=O) groups excluding carboxylic acids is 1. The third-order valence-corrected chi connectivity index (χ3v) is 5.67. The number of non-ortho nitro benzene ring substituents is 1. The van der Waals surface area contributed by atoms with Crippen LogP contribution in [0.4, 0.5) is 11.4 Å². The minimum atomic E-state index is -0.446. The van der Waals surface area contributed by atoms with Crippen LogP contribution in [0.3, 0.4) is 0 Å². The Morgan fingerprint density at radius 1 is 1.27 bits per heavy atom. The predicted octanol–water partition coefficient (Wildman–Crippen LogP) is 3.39. The fraction of sp³-hybridized carbons (Fsp3) is 0.500. The maximum atomic E-state index is 12.6. The summed E-state index contributed by atoms with van der Waals surface area (Å²) in [6.07, 6.45) is 1.90. The van der Waals surface area contributed by atoms with Crippen molar-refractivity contribution in [3.8, 4) is 0 Å². The molecular formula is C16H19N3O3. The molecule has 0 unspecified atom stereocenters. The minimum Gasteiger partial charge on any atom is -0.292 e. The predicted molar refractivity (Wildman–Crippen MR) is 83.8 cm³/mol. The van der Waals surface area contributed by atoms with Crippen molar-refractivity contribution in [2.24, 2.45) is 21.8 Å². The number of anilines is 1. The fourth-order valence-electron chi connectivity index (χ4n) is 3.74. The van der Waals surface area contributed by atoms with Crippen LogP contribution >= 0.6 is 0 Å². The molecule has 6 nitrogen and oxygen atoms in total. The number of nitrogens with zero attached hydrogens (tertiary/aromatic N) is 2. The van der Waals surface area contributed by atoms with Crippen LogP contribution in [0, 0.1) is 26.9 Å². The van der Waals surface area contributed by atoms with Crippen molar-refractivity contribution in [2.45, 2.75) is 33.6 Å². The molecule has 0 aromatic heterocycles. The van der Waals surface area contributed by atoms with E-state index in [0.717, 1.165) is 12.8 Å².